The van der Waals surface area contributed by atoms with E-state index in [1.807, 2.05) is 6.07 Å². The van der Waals surface area contributed by atoms with Crippen molar-refractivity contribution < 1.29 is 0 Å². The van der Waals surface area contributed by atoms with E-state index in [1.54, 1.807) is 6.33 Å². The van der Waals surface area contributed by atoms with Crippen molar-refractivity contribution >= 4 is 23.1 Å². The predicted molar refractivity (Wildman–Crippen MR) is 130 cm³/mol. The van der Waals surface area contributed by atoms with Crippen LogP contribution in [0.15, 0.2) is 54.9 Å². The van der Waals surface area contributed by atoms with Crippen LogP contribution in [0.4, 0.5) is 11.5 Å². The lowest BCUT2D eigenvalue weighted by molar-refractivity contribution is 0.266. The summed E-state index contributed by atoms with van der Waals surface area (Å²) in [5.41, 5.74) is 6.72. The molecule has 32 heavy (non-hydrogen) atoms. The Balaban J connectivity index is 1.39. The Labute approximate surface area is 195 Å². The van der Waals surface area contributed by atoms with Crippen molar-refractivity contribution in [2.24, 2.45) is 0 Å². The van der Waals surface area contributed by atoms with Gasteiger partial charge >= 0.3 is 0 Å². The lowest BCUT2D eigenvalue weighted by atomic mass is 9.71. The maximum Gasteiger partial charge on any atom is 0.140 e. The molecule has 0 bridgehead atoms. The van der Waals surface area contributed by atoms with Gasteiger partial charge in [0, 0.05) is 40.0 Å². The van der Waals surface area contributed by atoms with Crippen molar-refractivity contribution in [3.05, 3.63) is 82.3 Å². The highest BCUT2D eigenvalue weighted by Gasteiger charge is 2.47. The highest BCUT2D eigenvalue weighted by molar-refractivity contribution is 6.30. The normalized spacial score (nSPS) is 26.4. The molecule has 3 aliphatic rings. The van der Waals surface area contributed by atoms with Gasteiger partial charge in [0.1, 0.15) is 12.1 Å². The van der Waals surface area contributed by atoms with E-state index >= 15 is 0 Å². The summed E-state index contributed by atoms with van der Waals surface area (Å²) in [6.45, 7) is 4.30. The average Bonchev–Trinajstić information content (AvgIpc) is 3.33. The van der Waals surface area contributed by atoms with Crippen LogP contribution in [0.5, 0.6) is 0 Å². The van der Waals surface area contributed by atoms with Crippen molar-refractivity contribution in [3.8, 4) is 0 Å². The predicted octanol–water partition coefficient (Wildman–Crippen LogP) is 5.56. The molecule has 1 fully saturated rings. The molecule has 1 spiro atoms. The van der Waals surface area contributed by atoms with Gasteiger partial charge in [-0.05, 0) is 73.9 Å². The SMILES string of the molecule is CC1CCc2ncnc(N3CC4(CCNC(Cc5ccccc5)C4)c4cc(Cl)ccc43)c21. The van der Waals surface area contributed by atoms with Crippen molar-refractivity contribution in [1.29, 1.82) is 0 Å². The fourth-order valence-electron chi connectivity index (χ4n) is 6.26. The molecule has 1 saturated heterocycles. The molecule has 4 nitrogen and oxygen atoms in total. The lowest BCUT2D eigenvalue weighted by Gasteiger charge is -2.40. The average molecular weight is 445 g/mol. The van der Waals surface area contributed by atoms with Crippen LogP contribution < -0.4 is 10.2 Å². The molecule has 5 heteroatoms. The van der Waals surface area contributed by atoms with Gasteiger partial charge in [-0.2, -0.15) is 0 Å². The number of fused-ring (bicyclic) bond motifs is 3. The zero-order chi connectivity index (χ0) is 21.7. The van der Waals surface area contributed by atoms with Crippen LogP contribution in [0.25, 0.3) is 0 Å². The summed E-state index contributed by atoms with van der Waals surface area (Å²) in [5, 5.41) is 4.61. The molecule has 164 valence electrons. The fourth-order valence-corrected chi connectivity index (χ4v) is 6.43. The third-order valence-electron chi connectivity index (χ3n) is 7.79. The van der Waals surface area contributed by atoms with E-state index in [0.717, 1.165) is 56.0 Å². The van der Waals surface area contributed by atoms with Crippen molar-refractivity contribution in [1.82, 2.24) is 15.3 Å². The van der Waals surface area contributed by atoms with Crippen LogP contribution in [0, 0.1) is 0 Å². The number of benzene rings is 2. The Hall–Kier alpha value is -2.43. The number of aryl methyl sites for hydroxylation is 1. The number of hydrogen-bond acceptors (Lipinski definition) is 4. The van der Waals surface area contributed by atoms with Gasteiger partial charge in [-0.25, -0.2) is 9.97 Å². The van der Waals surface area contributed by atoms with Gasteiger partial charge in [0.05, 0.1) is 0 Å². The third-order valence-corrected chi connectivity index (χ3v) is 8.02. The maximum atomic E-state index is 6.54. The minimum Gasteiger partial charge on any atom is -0.325 e. The molecule has 3 aromatic rings. The number of halogens is 1. The Morgan fingerprint density at radius 2 is 2.03 bits per heavy atom. The molecule has 1 aromatic heterocycles. The van der Waals surface area contributed by atoms with Crippen LogP contribution in [-0.4, -0.2) is 29.1 Å². The summed E-state index contributed by atoms with van der Waals surface area (Å²) in [4.78, 5) is 11.9. The second-order valence-corrected chi connectivity index (χ2v) is 10.3. The Kier molecular flexibility index (Phi) is 4.96. The minimum atomic E-state index is 0.0879. The molecule has 3 unspecified atom stereocenters. The van der Waals surface area contributed by atoms with Gasteiger partial charge in [-0.1, -0.05) is 48.9 Å². The number of nitrogens with zero attached hydrogens (tertiary/aromatic N) is 3. The molecule has 6 rings (SSSR count). The molecule has 1 aliphatic carbocycles. The largest absolute Gasteiger partial charge is 0.325 e. The zero-order valence-electron chi connectivity index (χ0n) is 18.5. The summed E-state index contributed by atoms with van der Waals surface area (Å²) in [5.74, 6) is 1.62. The third kappa shape index (κ3) is 3.32. The first-order valence-corrected chi connectivity index (χ1v) is 12.2. The van der Waals surface area contributed by atoms with Crippen molar-refractivity contribution in [2.45, 2.75) is 56.4 Å². The number of piperidine rings is 1. The van der Waals surface area contributed by atoms with E-state index in [9.17, 15) is 0 Å². The van der Waals surface area contributed by atoms with Crippen LogP contribution >= 0.6 is 11.6 Å². The second kappa shape index (κ2) is 7.86. The number of rotatable bonds is 3. The molecular weight excluding hydrogens is 416 g/mol. The van der Waals surface area contributed by atoms with E-state index in [2.05, 4.69) is 64.6 Å². The van der Waals surface area contributed by atoms with Gasteiger partial charge in [-0.3, -0.25) is 0 Å². The first-order valence-electron chi connectivity index (χ1n) is 11.8. The number of aromatic nitrogens is 2. The zero-order valence-corrected chi connectivity index (χ0v) is 19.3. The Bertz CT molecular complexity index is 1150. The maximum absolute atomic E-state index is 6.54. The number of nitrogens with one attached hydrogen (secondary N) is 1. The van der Waals surface area contributed by atoms with Gasteiger partial charge in [0.15, 0.2) is 0 Å². The smallest absolute Gasteiger partial charge is 0.140 e. The molecule has 2 aliphatic heterocycles. The fraction of sp³-hybridized carbons (Fsp3) is 0.407. The molecule has 3 heterocycles. The van der Waals surface area contributed by atoms with E-state index in [4.69, 9.17) is 16.6 Å². The quantitative estimate of drug-likeness (QED) is 0.573. The molecule has 3 atom stereocenters. The van der Waals surface area contributed by atoms with Gasteiger partial charge in [0.2, 0.25) is 0 Å². The van der Waals surface area contributed by atoms with E-state index < -0.39 is 0 Å². The van der Waals surface area contributed by atoms with E-state index in [0.29, 0.717) is 12.0 Å². The molecular formula is C27H29ClN4. The summed E-state index contributed by atoms with van der Waals surface area (Å²) < 4.78 is 0. The Morgan fingerprint density at radius 3 is 2.91 bits per heavy atom. The molecule has 0 amide bonds. The van der Waals surface area contributed by atoms with Gasteiger partial charge < -0.3 is 10.2 Å². The molecule has 0 radical (unpaired) electrons. The monoisotopic (exact) mass is 444 g/mol. The highest BCUT2D eigenvalue weighted by atomic mass is 35.5. The Morgan fingerprint density at radius 1 is 1.16 bits per heavy atom. The van der Waals surface area contributed by atoms with Crippen LogP contribution in [0.1, 0.15) is 54.5 Å². The molecule has 2 aromatic carbocycles. The van der Waals surface area contributed by atoms with E-state index in [1.165, 1.54) is 28.1 Å². The van der Waals surface area contributed by atoms with Crippen molar-refractivity contribution in [3.63, 3.8) is 0 Å². The summed E-state index contributed by atoms with van der Waals surface area (Å²) in [6.07, 6.45) is 7.25. The van der Waals surface area contributed by atoms with Crippen LogP contribution in [-0.2, 0) is 18.3 Å². The minimum absolute atomic E-state index is 0.0879. The first kappa shape index (κ1) is 20.2. The first-order chi connectivity index (χ1) is 15.6. The summed E-state index contributed by atoms with van der Waals surface area (Å²) in [6, 6.07) is 17.7. The van der Waals surface area contributed by atoms with Crippen molar-refractivity contribution in [2.75, 3.05) is 18.0 Å². The lowest BCUT2D eigenvalue weighted by Crippen LogP contribution is -2.49. The number of hydrogen-bond donors (Lipinski definition) is 1. The summed E-state index contributed by atoms with van der Waals surface area (Å²) in [7, 11) is 0. The topological polar surface area (TPSA) is 41.1 Å². The van der Waals surface area contributed by atoms with Gasteiger partial charge in [-0.15, -0.1) is 0 Å². The molecule has 1 N–H and O–H groups in total. The highest BCUT2D eigenvalue weighted by Crippen LogP contribution is 2.52. The van der Waals surface area contributed by atoms with E-state index in [-0.39, 0.29) is 5.41 Å². The standard InChI is InChI=1S/C27H29ClN4/c1-18-7-9-23-25(18)26(31-17-30-23)32-16-27(22-14-20(28)8-10-24(22)32)11-12-29-21(15-27)13-19-5-3-2-4-6-19/h2-6,8,10,14,17-18,21,29H,7,9,11-13,15-16H2,1H3. The second-order valence-electron chi connectivity index (χ2n) is 9.82. The van der Waals surface area contributed by atoms with Gasteiger partial charge in [0.25, 0.3) is 0 Å². The molecule has 0 saturated carbocycles. The summed E-state index contributed by atoms with van der Waals surface area (Å²) >= 11 is 6.54. The van der Waals surface area contributed by atoms with Crippen LogP contribution in [0.2, 0.25) is 5.02 Å². The number of anilines is 2. The van der Waals surface area contributed by atoms with Crippen LogP contribution in [0.3, 0.4) is 0 Å².